The van der Waals surface area contributed by atoms with Crippen LogP contribution in [-0.4, -0.2) is 29.2 Å². The Hall–Kier alpha value is -0.610. The third-order valence-electron chi connectivity index (χ3n) is 2.81. The molecule has 4 heteroatoms. The van der Waals surface area contributed by atoms with Crippen LogP contribution < -0.4 is 11.1 Å². The van der Waals surface area contributed by atoms with Gasteiger partial charge < -0.3 is 16.2 Å². The van der Waals surface area contributed by atoms with Crippen molar-refractivity contribution in [1.82, 2.24) is 5.32 Å². The molecule has 1 saturated carbocycles. The van der Waals surface area contributed by atoms with E-state index in [1.807, 2.05) is 6.92 Å². The Bertz CT molecular complexity index is 202. The van der Waals surface area contributed by atoms with Crippen LogP contribution in [0.1, 0.15) is 39.0 Å². The molecular weight excluding hydrogens is 180 g/mol. The zero-order chi connectivity index (χ0) is 10.6. The minimum Gasteiger partial charge on any atom is -0.388 e. The molecule has 1 fully saturated rings. The molecule has 0 unspecified atom stereocenters. The molecule has 0 aromatic carbocycles. The van der Waals surface area contributed by atoms with Crippen molar-refractivity contribution in [1.29, 1.82) is 0 Å². The Kier molecular flexibility index (Phi) is 3.89. The van der Waals surface area contributed by atoms with Gasteiger partial charge >= 0.3 is 0 Å². The van der Waals surface area contributed by atoms with Crippen molar-refractivity contribution >= 4 is 5.91 Å². The van der Waals surface area contributed by atoms with Gasteiger partial charge in [-0.25, -0.2) is 0 Å². The maximum Gasteiger partial charge on any atom is 0.237 e. The van der Waals surface area contributed by atoms with Crippen molar-refractivity contribution in [2.45, 2.75) is 50.7 Å². The second-order valence-electron chi connectivity index (χ2n) is 4.19. The summed E-state index contributed by atoms with van der Waals surface area (Å²) in [5, 5.41) is 12.4. The van der Waals surface area contributed by atoms with E-state index in [0.717, 1.165) is 25.7 Å². The Morgan fingerprint density at radius 1 is 1.64 bits per heavy atom. The number of carbonyl (C=O) groups is 1. The average molecular weight is 200 g/mol. The molecule has 1 aliphatic rings. The first-order chi connectivity index (χ1) is 6.57. The predicted molar refractivity (Wildman–Crippen MR) is 54.7 cm³/mol. The molecule has 4 N–H and O–H groups in total. The molecule has 0 heterocycles. The van der Waals surface area contributed by atoms with Crippen LogP contribution in [0.3, 0.4) is 0 Å². The van der Waals surface area contributed by atoms with Crippen LogP contribution in [0.15, 0.2) is 0 Å². The van der Waals surface area contributed by atoms with E-state index in [-0.39, 0.29) is 5.91 Å². The van der Waals surface area contributed by atoms with Gasteiger partial charge in [0.05, 0.1) is 11.6 Å². The van der Waals surface area contributed by atoms with Gasteiger partial charge in [0.1, 0.15) is 0 Å². The third-order valence-corrected chi connectivity index (χ3v) is 2.81. The van der Waals surface area contributed by atoms with Gasteiger partial charge in [-0.15, -0.1) is 0 Å². The first-order valence-corrected chi connectivity index (χ1v) is 5.33. The zero-order valence-corrected chi connectivity index (χ0v) is 8.75. The maximum atomic E-state index is 11.4. The second-order valence-corrected chi connectivity index (χ2v) is 4.19. The Morgan fingerprint density at radius 3 is 2.71 bits per heavy atom. The number of hydrogen-bond acceptors (Lipinski definition) is 3. The van der Waals surface area contributed by atoms with Gasteiger partial charge in [-0.2, -0.15) is 0 Å². The van der Waals surface area contributed by atoms with Gasteiger partial charge in [-0.1, -0.05) is 13.3 Å². The van der Waals surface area contributed by atoms with Gasteiger partial charge in [0.15, 0.2) is 0 Å². The van der Waals surface area contributed by atoms with E-state index in [1.165, 1.54) is 0 Å². The molecule has 1 aliphatic carbocycles. The van der Waals surface area contributed by atoms with Gasteiger partial charge in [-0.05, 0) is 25.7 Å². The minimum absolute atomic E-state index is 0.146. The molecule has 0 spiro atoms. The molecular formula is C10H20N2O2. The first-order valence-electron chi connectivity index (χ1n) is 5.33. The van der Waals surface area contributed by atoms with Gasteiger partial charge in [-0.3, -0.25) is 4.79 Å². The van der Waals surface area contributed by atoms with Gasteiger partial charge in [0.25, 0.3) is 0 Å². The van der Waals surface area contributed by atoms with Crippen LogP contribution in [0.25, 0.3) is 0 Å². The lowest BCUT2D eigenvalue weighted by Gasteiger charge is -2.36. The highest BCUT2D eigenvalue weighted by Gasteiger charge is 2.34. The summed E-state index contributed by atoms with van der Waals surface area (Å²) >= 11 is 0. The number of nitrogens with two attached hydrogens (primary N) is 1. The highest BCUT2D eigenvalue weighted by atomic mass is 16.3. The number of nitrogens with one attached hydrogen (secondary N) is 1. The summed E-state index contributed by atoms with van der Waals surface area (Å²) in [6.07, 6.45) is 4.23. The summed E-state index contributed by atoms with van der Waals surface area (Å²) in [5.74, 6) is -0.146. The Labute approximate surface area is 84.9 Å². The van der Waals surface area contributed by atoms with Crippen molar-refractivity contribution in [2.75, 3.05) is 6.54 Å². The lowest BCUT2D eigenvalue weighted by molar-refractivity contribution is -0.124. The molecule has 14 heavy (non-hydrogen) atoms. The third kappa shape index (κ3) is 2.96. The van der Waals surface area contributed by atoms with Crippen LogP contribution in [-0.2, 0) is 4.79 Å². The topological polar surface area (TPSA) is 75.4 Å². The number of rotatable bonds is 5. The molecule has 0 aliphatic heterocycles. The number of aliphatic hydroxyl groups is 1. The highest BCUT2D eigenvalue weighted by molar-refractivity contribution is 5.81. The highest BCUT2D eigenvalue weighted by Crippen LogP contribution is 2.30. The molecule has 1 rings (SSSR count). The summed E-state index contributed by atoms with van der Waals surface area (Å²) in [6, 6.07) is -0.427. The number of carbonyl (C=O) groups excluding carboxylic acids is 1. The van der Waals surface area contributed by atoms with Crippen molar-refractivity contribution in [3.63, 3.8) is 0 Å². The predicted octanol–water partition coefficient (Wildman–Crippen LogP) is 0.145. The Balaban J connectivity index is 2.20. The fourth-order valence-corrected chi connectivity index (χ4v) is 1.59. The van der Waals surface area contributed by atoms with E-state index in [2.05, 4.69) is 5.32 Å². The summed E-state index contributed by atoms with van der Waals surface area (Å²) in [7, 11) is 0. The molecule has 4 nitrogen and oxygen atoms in total. The van der Waals surface area contributed by atoms with Crippen LogP contribution in [0.2, 0.25) is 0 Å². The van der Waals surface area contributed by atoms with Crippen LogP contribution >= 0.6 is 0 Å². The molecule has 0 bridgehead atoms. The van der Waals surface area contributed by atoms with Gasteiger partial charge in [0, 0.05) is 6.54 Å². The fraction of sp³-hybridized carbons (Fsp3) is 0.900. The first kappa shape index (κ1) is 11.5. The maximum absolute atomic E-state index is 11.4. The summed E-state index contributed by atoms with van der Waals surface area (Å²) in [6.45, 7) is 2.34. The summed E-state index contributed by atoms with van der Waals surface area (Å²) < 4.78 is 0. The Morgan fingerprint density at radius 2 is 2.29 bits per heavy atom. The van der Waals surface area contributed by atoms with E-state index in [4.69, 9.17) is 5.73 Å². The lowest BCUT2D eigenvalue weighted by atomic mass is 9.80. The zero-order valence-electron chi connectivity index (χ0n) is 8.75. The lowest BCUT2D eigenvalue weighted by Crippen LogP contribution is -2.51. The fourth-order valence-electron chi connectivity index (χ4n) is 1.59. The summed E-state index contributed by atoms with van der Waals surface area (Å²) in [5.41, 5.74) is 4.97. The number of amides is 1. The van der Waals surface area contributed by atoms with E-state index < -0.39 is 11.6 Å². The molecule has 0 radical (unpaired) electrons. The molecule has 1 atom stereocenters. The number of hydrogen-bond donors (Lipinski definition) is 3. The van der Waals surface area contributed by atoms with E-state index >= 15 is 0 Å². The monoisotopic (exact) mass is 200 g/mol. The molecule has 0 aromatic rings. The van der Waals surface area contributed by atoms with Gasteiger partial charge in [0.2, 0.25) is 5.91 Å². The van der Waals surface area contributed by atoms with E-state index in [0.29, 0.717) is 13.0 Å². The van der Waals surface area contributed by atoms with Crippen molar-refractivity contribution < 1.29 is 9.90 Å². The van der Waals surface area contributed by atoms with Crippen molar-refractivity contribution in [3.05, 3.63) is 0 Å². The van der Waals surface area contributed by atoms with Crippen molar-refractivity contribution in [3.8, 4) is 0 Å². The second kappa shape index (κ2) is 4.75. The van der Waals surface area contributed by atoms with Crippen molar-refractivity contribution in [2.24, 2.45) is 5.73 Å². The SMILES string of the molecule is CCC[C@@H](N)C(=O)NCC1(O)CCC1. The molecule has 0 saturated heterocycles. The van der Waals surface area contributed by atoms with Crippen LogP contribution in [0, 0.1) is 0 Å². The van der Waals surface area contributed by atoms with Crippen LogP contribution in [0.5, 0.6) is 0 Å². The standard InChI is InChI=1S/C10H20N2O2/c1-2-4-8(11)9(13)12-7-10(14)5-3-6-10/h8,14H,2-7,11H2,1H3,(H,12,13)/t8-/m1/s1. The smallest absolute Gasteiger partial charge is 0.237 e. The molecule has 0 aromatic heterocycles. The van der Waals surface area contributed by atoms with Crippen LogP contribution in [0.4, 0.5) is 0 Å². The van der Waals surface area contributed by atoms with E-state index in [9.17, 15) is 9.90 Å². The largest absolute Gasteiger partial charge is 0.388 e. The molecule has 1 amide bonds. The molecule has 82 valence electrons. The minimum atomic E-state index is -0.651. The summed E-state index contributed by atoms with van der Waals surface area (Å²) in [4.78, 5) is 11.4. The normalized spacial score (nSPS) is 21.1. The quantitative estimate of drug-likeness (QED) is 0.591. The van der Waals surface area contributed by atoms with E-state index in [1.54, 1.807) is 0 Å². The average Bonchev–Trinajstić information content (AvgIpc) is 2.11.